The second-order valence-electron chi connectivity index (χ2n) is 4.85. The molecule has 0 aromatic carbocycles. The molecule has 0 radical (unpaired) electrons. The Labute approximate surface area is 110 Å². The molecule has 0 spiro atoms. The van der Waals surface area contributed by atoms with Crippen molar-refractivity contribution < 1.29 is 24.2 Å². The van der Waals surface area contributed by atoms with Crippen LogP contribution in [0.25, 0.3) is 0 Å². The molecule has 0 bridgehead atoms. The molecule has 2 atom stereocenters. The largest absolute Gasteiger partial charge is 0.479 e. The van der Waals surface area contributed by atoms with Crippen molar-refractivity contribution in [2.24, 2.45) is 11.1 Å². The molecule has 2 unspecified atom stereocenters. The minimum absolute atomic E-state index is 0.131. The van der Waals surface area contributed by atoms with Crippen LogP contribution in [-0.2, 0) is 14.3 Å². The number of carboxylic acid groups (broad SMARTS) is 1. The van der Waals surface area contributed by atoms with Crippen LogP contribution in [0.15, 0.2) is 0 Å². The number of carboxylic acids is 1. The first-order valence-corrected chi connectivity index (χ1v) is 5.88. The second kappa shape index (κ2) is 5.87. The fourth-order valence-electron chi connectivity index (χ4n) is 1.90. The molecule has 1 aliphatic rings. The van der Waals surface area contributed by atoms with Gasteiger partial charge in [-0.05, 0) is 13.3 Å². The van der Waals surface area contributed by atoms with Gasteiger partial charge in [0.2, 0.25) is 5.91 Å². The number of amides is 3. The normalized spacial score (nSPS) is 24.0. The summed E-state index contributed by atoms with van der Waals surface area (Å²) in [6, 6.07) is -0.423. The smallest absolute Gasteiger partial charge is 0.334 e. The Morgan fingerprint density at radius 3 is 2.58 bits per heavy atom. The molecule has 1 aliphatic heterocycles. The quantitative estimate of drug-likeness (QED) is 0.592. The van der Waals surface area contributed by atoms with Crippen LogP contribution in [-0.4, -0.2) is 60.8 Å². The Kier molecular flexibility index (Phi) is 4.71. The van der Waals surface area contributed by atoms with Crippen LogP contribution in [0, 0.1) is 5.41 Å². The molecule has 1 rings (SSSR count). The molecule has 1 saturated heterocycles. The number of ether oxygens (including phenoxy) is 1. The number of hydrogen-bond acceptors (Lipinski definition) is 4. The zero-order valence-electron chi connectivity index (χ0n) is 11.0. The first kappa shape index (κ1) is 15.2. The van der Waals surface area contributed by atoms with Gasteiger partial charge in [-0.3, -0.25) is 4.79 Å². The van der Waals surface area contributed by atoms with Gasteiger partial charge in [0.05, 0.1) is 12.0 Å². The number of methoxy groups -OCH3 is 1. The van der Waals surface area contributed by atoms with Gasteiger partial charge in [-0.25, -0.2) is 9.59 Å². The summed E-state index contributed by atoms with van der Waals surface area (Å²) in [5.41, 5.74) is 4.57. The third-order valence-electron chi connectivity index (χ3n) is 3.35. The molecule has 4 N–H and O–H groups in total. The average molecular weight is 273 g/mol. The molecule has 8 nitrogen and oxygen atoms in total. The number of likely N-dealkylation sites (tertiary alicyclic amines) is 1. The van der Waals surface area contributed by atoms with Crippen LogP contribution in [0.3, 0.4) is 0 Å². The van der Waals surface area contributed by atoms with E-state index in [0.717, 1.165) is 0 Å². The van der Waals surface area contributed by atoms with E-state index in [0.29, 0.717) is 13.0 Å². The molecule has 3 amide bonds. The van der Waals surface area contributed by atoms with Crippen molar-refractivity contribution in [1.82, 2.24) is 10.2 Å². The number of aliphatic carboxylic acids is 1. The van der Waals surface area contributed by atoms with E-state index in [4.69, 9.17) is 15.6 Å². The molecule has 19 heavy (non-hydrogen) atoms. The average Bonchev–Trinajstić information content (AvgIpc) is 2.73. The van der Waals surface area contributed by atoms with E-state index in [2.05, 4.69) is 5.32 Å². The monoisotopic (exact) mass is 273 g/mol. The summed E-state index contributed by atoms with van der Waals surface area (Å²) in [4.78, 5) is 35.2. The first-order chi connectivity index (χ1) is 8.80. The highest BCUT2D eigenvalue weighted by molar-refractivity contribution is 5.83. The zero-order chi connectivity index (χ0) is 14.6. The number of rotatable bonds is 5. The van der Waals surface area contributed by atoms with Gasteiger partial charge in [0, 0.05) is 20.2 Å². The van der Waals surface area contributed by atoms with Crippen LogP contribution >= 0.6 is 0 Å². The van der Waals surface area contributed by atoms with Gasteiger partial charge in [-0.1, -0.05) is 0 Å². The molecule has 0 saturated carbocycles. The first-order valence-electron chi connectivity index (χ1n) is 5.88. The number of carbonyl (C=O) groups is 3. The van der Waals surface area contributed by atoms with E-state index < -0.39 is 29.4 Å². The predicted molar refractivity (Wildman–Crippen MR) is 65.3 cm³/mol. The van der Waals surface area contributed by atoms with Gasteiger partial charge < -0.3 is 25.8 Å². The predicted octanol–water partition coefficient (Wildman–Crippen LogP) is -1.01. The third kappa shape index (κ3) is 3.57. The van der Waals surface area contributed by atoms with Crippen molar-refractivity contribution in [2.75, 3.05) is 26.7 Å². The number of hydrogen-bond donors (Lipinski definition) is 3. The summed E-state index contributed by atoms with van der Waals surface area (Å²) in [5, 5.41) is 11.2. The Balaban J connectivity index is 2.48. The topological polar surface area (TPSA) is 122 Å². The van der Waals surface area contributed by atoms with Crippen LogP contribution in [0.2, 0.25) is 0 Å². The summed E-state index contributed by atoms with van der Waals surface area (Å²) in [6.07, 6.45) is -0.586. The fourth-order valence-corrected chi connectivity index (χ4v) is 1.90. The van der Waals surface area contributed by atoms with Gasteiger partial charge in [-0.2, -0.15) is 0 Å². The lowest BCUT2D eigenvalue weighted by atomic mass is 9.89. The molecule has 8 heteroatoms. The highest BCUT2D eigenvalue weighted by Gasteiger charge is 2.40. The van der Waals surface area contributed by atoms with Crippen LogP contribution in [0.4, 0.5) is 4.79 Å². The number of primary amides is 1. The lowest BCUT2D eigenvalue weighted by Gasteiger charge is -2.22. The fraction of sp³-hybridized carbons (Fsp3) is 0.727. The van der Waals surface area contributed by atoms with Gasteiger partial charge >= 0.3 is 12.0 Å². The van der Waals surface area contributed by atoms with Crippen molar-refractivity contribution in [3.05, 3.63) is 0 Å². The van der Waals surface area contributed by atoms with Crippen molar-refractivity contribution in [1.29, 1.82) is 0 Å². The lowest BCUT2D eigenvalue weighted by Crippen LogP contribution is -2.45. The van der Waals surface area contributed by atoms with Gasteiger partial charge in [0.15, 0.2) is 6.10 Å². The summed E-state index contributed by atoms with van der Waals surface area (Å²) < 4.78 is 4.70. The Hall–Kier alpha value is -1.83. The summed E-state index contributed by atoms with van der Waals surface area (Å²) in [5.74, 6) is -1.59. The maximum absolute atomic E-state index is 11.8. The molecule has 0 aromatic heterocycles. The molecule has 108 valence electrons. The number of nitrogens with two attached hydrogens (primary N) is 1. The second-order valence-corrected chi connectivity index (χ2v) is 4.85. The summed E-state index contributed by atoms with van der Waals surface area (Å²) in [7, 11) is 1.25. The minimum Gasteiger partial charge on any atom is -0.479 e. The highest BCUT2D eigenvalue weighted by Crippen LogP contribution is 2.29. The van der Waals surface area contributed by atoms with Crippen molar-refractivity contribution in [2.45, 2.75) is 19.4 Å². The van der Waals surface area contributed by atoms with E-state index in [-0.39, 0.29) is 13.1 Å². The number of nitrogens with one attached hydrogen (secondary N) is 1. The van der Waals surface area contributed by atoms with Crippen LogP contribution in [0.1, 0.15) is 13.3 Å². The van der Waals surface area contributed by atoms with Crippen LogP contribution in [0.5, 0.6) is 0 Å². The molecule has 1 heterocycles. The maximum Gasteiger partial charge on any atom is 0.334 e. The van der Waals surface area contributed by atoms with E-state index in [9.17, 15) is 14.4 Å². The van der Waals surface area contributed by atoms with E-state index >= 15 is 0 Å². The van der Waals surface area contributed by atoms with Crippen molar-refractivity contribution in [3.63, 3.8) is 0 Å². The van der Waals surface area contributed by atoms with E-state index in [1.165, 1.54) is 12.0 Å². The van der Waals surface area contributed by atoms with Crippen LogP contribution < -0.4 is 11.1 Å². The number of carbonyl (C=O) groups excluding carboxylic acids is 2. The van der Waals surface area contributed by atoms with Gasteiger partial charge in [0.1, 0.15) is 0 Å². The minimum atomic E-state index is -1.15. The Bertz CT molecular complexity index is 387. The summed E-state index contributed by atoms with van der Waals surface area (Å²) >= 11 is 0. The van der Waals surface area contributed by atoms with Crippen molar-refractivity contribution >= 4 is 17.9 Å². The molecule has 0 aliphatic carbocycles. The van der Waals surface area contributed by atoms with Crippen molar-refractivity contribution in [3.8, 4) is 0 Å². The summed E-state index contributed by atoms with van der Waals surface area (Å²) in [6.45, 7) is 2.22. The van der Waals surface area contributed by atoms with Gasteiger partial charge in [0.25, 0.3) is 0 Å². The zero-order valence-corrected chi connectivity index (χ0v) is 11.0. The molecular formula is C11H19N3O5. The molecular weight excluding hydrogens is 254 g/mol. The SMILES string of the molecule is COC(CNC(=O)N1CCC(C)(C(N)=O)C1)C(=O)O. The molecule has 0 aromatic rings. The Morgan fingerprint density at radius 1 is 1.53 bits per heavy atom. The van der Waals surface area contributed by atoms with E-state index in [1.807, 2.05) is 0 Å². The van der Waals surface area contributed by atoms with Gasteiger partial charge in [-0.15, -0.1) is 0 Å². The van der Waals surface area contributed by atoms with E-state index in [1.54, 1.807) is 6.92 Å². The highest BCUT2D eigenvalue weighted by atomic mass is 16.5. The number of urea groups is 1. The maximum atomic E-state index is 11.8. The Morgan fingerprint density at radius 2 is 2.16 bits per heavy atom. The standard InChI is InChI=1S/C11H19N3O5/c1-11(9(12)17)3-4-14(6-11)10(18)13-5-7(19-2)8(15)16/h7H,3-6H2,1-2H3,(H2,12,17)(H,13,18)(H,15,16). The lowest BCUT2D eigenvalue weighted by molar-refractivity contribution is -0.148. The molecule has 1 fully saturated rings. The number of nitrogens with zero attached hydrogens (tertiary/aromatic N) is 1. The third-order valence-corrected chi connectivity index (χ3v) is 3.35.